The van der Waals surface area contributed by atoms with Crippen LogP contribution in [0.5, 0.6) is 0 Å². The van der Waals surface area contributed by atoms with Gasteiger partial charge in [0, 0.05) is 18.5 Å². The molecular formula is C18H12N4. The van der Waals surface area contributed by atoms with Gasteiger partial charge in [-0.05, 0) is 48.0 Å². The molecule has 0 atom stereocenters. The average molecular weight is 284 g/mol. The second-order valence-corrected chi connectivity index (χ2v) is 4.56. The van der Waals surface area contributed by atoms with Crippen molar-refractivity contribution in [3.63, 3.8) is 0 Å². The zero-order valence-electron chi connectivity index (χ0n) is 11.7. The minimum atomic E-state index is 0.751. The summed E-state index contributed by atoms with van der Waals surface area (Å²) in [6.45, 7) is 0. The Labute approximate surface area is 128 Å². The van der Waals surface area contributed by atoms with E-state index >= 15 is 0 Å². The van der Waals surface area contributed by atoms with Crippen LogP contribution in [-0.4, -0.2) is 15.0 Å². The van der Waals surface area contributed by atoms with Crippen molar-refractivity contribution in [1.29, 1.82) is 5.26 Å². The predicted molar refractivity (Wildman–Crippen MR) is 85.3 cm³/mol. The van der Waals surface area contributed by atoms with Crippen LogP contribution in [0.4, 0.5) is 0 Å². The third kappa shape index (κ3) is 3.05. The van der Waals surface area contributed by atoms with Gasteiger partial charge in [0.2, 0.25) is 0 Å². The molecule has 0 aliphatic carbocycles. The maximum Gasteiger partial charge on any atom is 0.0912 e. The fourth-order valence-corrected chi connectivity index (χ4v) is 2.07. The number of rotatable bonds is 3. The van der Waals surface area contributed by atoms with Crippen molar-refractivity contribution in [3.05, 3.63) is 72.6 Å². The summed E-state index contributed by atoms with van der Waals surface area (Å²) in [6.07, 6.45) is 6.66. The lowest BCUT2D eigenvalue weighted by molar-refractivity contribution is 1.21. The van der Waals surface area contributed by atoms with Crippen molar-refractivity contribution in [2.45, 2.75) is 0 Å². The van der Waals surface area contributed by atoms with Crippen molar-refractivity contribution >= 4 is 6.08 Å². The Bertz CT molecular complexity index is 776. The Morgan fingerprint density at radius 2 is 1.41 bits per heavy atom. The molecule has 0 unspecified atom stereocenters. The zero-order chi connectivity index (χ0) is 15.2. The van der Waals surface area contributed by atoms with E-state index in [9.17, 15) is 0 Å². The number of hydrogen-bond acceptors (Lipinski definition) is 4. The molecule has 0 aliphatic heterocycles. The molecule has 3 aromatic rings. The highest BCUT2D eigenvalue weighted by Gasteiger charge is 2.07. The van der Waals surface area contributed by atoms with Gasteiger partial charge in [0.25, 0.3) is 0 Å². The summed E-state index contributed by atoms with van der Waals surface area (Å²) in [5, 5.41) is 8.72. The van der Waals surface area contributed by atoms with Gasteiger partial charge in [0.1, 0.15) is 0 Å². The second kappa shape index (κ2) is 6.42. The maximum absolute atomic E-state index is 8.72. The van der Waals surface area contributed by atoms with Gasteiger partial charge in [-0.1, -0.05) is 12.1 Å². The van der Waals surface area contributed by atoms with Crippen molar-refractivity contribution in [2.75, 3.05) is 0 Å². The summed E-state index contributed by atoms with van der Waals surface area (Å²) in [6, 6.07) is 17.2. The fourth-order valence-electron chi connectivity index (χ4n) is 2.07. The largest absolute Gasteiger partial charge is 0.255 e. The quantitative estimate of drug-likeness (QED) is 0.687. The highest BCUT2D eigenvalue weighted by atomic mass is 14.8. The van der Waals surface area contributed by atoms with Gasteiger partial charge in [0.05, 0.1) is 28.8 Å². The van der Waals surface area contributed by atoms with Gasteiger partial charge in [-0.15, -0.1) is 0 Å². The highest BCUT2D eigenvalue weighted by molar-refractivity contribution is 5.68. The number of allylic oxidation sites excluding steroid dienone is 1. The minimum Gasteiger partial charge on any atom is -0.255 e. The van der Waals surface area contributed by atoms with E-state index < -0.39 is 0 Å². The van der Waals surface area contributed by atoms with Crippen molar-refractivity contribution in [1.82, 2.24) is 15.0 Å². The molecule has 0 spiro atoms. The van der Waals surface area contributed by atoms with Gasteiger partial charge in [-0.25, -0.2) is 4.98 Å². The first kappa shape index (κ1) is 13.7. The van der Waals surface area contributed by atoms with Crippen LogP contribution >= 0.6 is 0 Å². The van der Waals surface area contributed by atoms with Crippen LogP contribution in [0.15, 0.2) is 67.0 Å². The molecule has 0 bridgehead atoms. The monoisotopic (exact) mass is 284 g/mol. The lowest BCUT2D eigenvalue weighted by atomic mass is 10.1. The first-order valence-corrected chi connectivity index (χ1v) is 6.78. The van der Waals surface area contributed by atoms with E-state index in [1.54, 1.807) is 18.5 Å². The van der Waals surface area contributed by atoms with Gasteiger partial charge < -0.3 is 0 Å². The summed E-state index contributed by atoms with van der Waals surface area (Å²) in [7, 11) is 0. The van der Waals surface area contributed by atoms with Gasteiger partial charge in [-0.3, -0.25) is 9.97 Å². The molecule has 0 radical (unpaired) electrons. The molecule has 0 N–H and O–H groups in total. The second-order valence-electron chi connectivity index (χ2n) is 4.56. The standard InChI is InChI=1S/C18H12N4/c19-9-5-6-14-12-17(15-7-1-3-10-20-15)22-18(13-14)16-8-2-4-11-21-16/h1-8,10-13H/b6-5-. The lowest BCUT2D eigenvalue weighted by Crippen LogP contribution is -1.93. The molecule has 0 saturated carbocycles. The van der Waals surface area contributed by atoms with Crippen LogP contribution < -0.4 is 0 Å². The molecule has 0 amide bonds. The summed E-state index contributed by atoms with van der Waals surface area (Å²) >= 11 is 0. The SMILES string of the molecule is N#C/C=C\c1cc(-c2ccccn2)nc(-c2ccccn2)c1. The molecular weight excluding hydrogens is 272 g/mol. The molecule has 0 fully saturated rings. The molecule has 0 saturated heterocycles. The Balaban J connectivity index is 2.15. The summed E-state index contributed by atoms with van der Waals surface area (Å²) < 4.78 is 0. The number of pyridine rings is 3. The number of nitriles is 1. The molecule has 0 aromatic carbocycles. The van der Waals surface area contributed by atoms with Crippen molar-refractivity contribution in [3.8, 4) is 28.8 Å². The van der Waals surface area contributed by atoms with E-state index in [4.69, 9.17) is 5.26 Å². The number of aromatic nitrogens is 3. The normalized spacial score (nSPS) is 10.5. The Morgan fingerprint density at radius 1 is 0.818 bits per heavy atom. The summed E-state index contributed by atoms with van der Waals surface area (Å²) in [4.78, 5) is 13.3. The van der Waals surface area contributed by atoms with E-state index in [2.05, 4.69) is 15.0 Å². The van der Waals surface area contributed by atoms with E-state index in [1.165, 1.54) is 6.08 Å². The molecule has 0 aliphatic rings. The molecule has 3 heterocycles. The van der Waals surface area contributed by atoms with Gasteiger partial charge in [0.15, 0.2) is 0 Å². The molecule has 3 aromatic heterocycles. The third-order valence-electron chi connectivity index (χ3n) is 3.05. The molecule has 4 heteroatoms. The van der Waals surface area contributed by atoms with E-state index in [0.29, 0.717) is 0 Å². The Kier molecular flexibility index (Phi) is 3.98. The Hall–Kier alpha value is -3.32. The Morgan fingerprint density at radius 3 is 1.86 bits per heavy atom. The predicted octanol–water partition coefficient (Wildman–Crippen LogP) is 3.74. The van der Waals surface area contributed by atoms with Crippen molar-refractivity contribution < 1.29 is 0 Å². The van der Waals surface area contributed by atoms with Crippen LogP contribution in [0.3, 0.4) is 0 Å². The topological polar surface area (TPSA) is 62.5 Å². The smallest absolute Gasteiger partial charge is 0.0912 e. The van der Waals surface area contributed by atoms with Gasteiger partial charge in [-0.2, -0.15) is 5.26 Å². The summed E-state index contributed by atoms with van der Waals surface area (Å²) in [5.74, 6) is 0. The van der Waals surface area contributed by atoms with Crippen LogP contribution in [0, 0.1) is 11.3 Å². The number of hydrogen-bond donors (Lipinski definition) is 0. The molecule has 4 nitrogen and oxygen atoms in total. The first-order valence-electron chi connectivity index (χ1n) is 6.78. The average Bonchev–Trinajstić information content (AvgIpc) is 2.61. The molecule has 22 heavy (non-hydrogen) atoms. The maximum atomic E-state index is 8.72. The van der Waals surface area contributed by atoms with Crippen LogP contribution in [0.1, 0.15) is 5.56 Å². The van der Waals surface area contributed by atoms with E-state index in [-0.39, 0.29) is 0 Å². The van der Waals surface area contributed by atoms with E-state index in [1.807, 2.05) is 54.6 Å². The van der Waals surface area contributed by atoms with Crippen LogP contribution in [0.2, 0.25) is 0 Å². The van der Waals surface area contributed by atoms with Crippen LogP contribution in [-0.2, 0) is 0 Å². The third-order valence-corrected chi connectivity index (χ3v) is 3.05. The highest BCUT2D eigenvalue weighted by Crippen LogP contribution is 2.23. The number of nitrogens with zero attached hydrogens (tertiary/aromatic N) is 4. The van der Waals surface area contributed by atoms with Gasteiger partial charge >= 0.3 is 0 Å². The molecule has 104 valence electrons. The fraction of sp³-hybridized carbons (Fsp3) is 0. The minimum absolute atomic E-state index is 0.751. The van der Waals surface area contributed by atoms with Crippen LogP contribution in [0.25, 0.3) is 28.9 Å². The van der Waals surface area contributed by atoms with Crippen molar-refractivity contribution in [2.24, 2.45) is 0 Å². The molecule has 3 rings (SSSR count). The first-order chi connectivity index (χ1) is 10.9. The van der Waals surface area contributed by atoms with E-state index in [0.717, 1.165) is 28.3 Å². The lowest BCUT2D eigenvalue weighted by Gasteiger charge is -2.06. The summed E-state index contributed by atoms with van der Waals surface area (Å²) in [5.41, 5.74) is 3.96. The zero-order valence-corrected chi connectivity index (χ0v) is 11.7.